The highest BCUT2D eigenvalue weighted by molar-refractivity contribution is 7.85. The van der Waals surface area contributed by atoms with Crippen LogP contribution in [0.25, 0.3) is 11.1 Å². The summed E-state index contributed by atoms with van der Waals surface area (Å²) in [5.41, 5.74) is 2.55. The maximum absolute atomic E-state index is 9.56. The van der Waals surface area contributed by atoms with Crippen LogP contribution in [-0.4, -0.2) is 18.7 Å². The summed E-state index contributed by atoms with van der Waals surface area (Å²) in [6.07, 6.45) is 0. The summed E-state index contributed by atoms with van der Waals surface area (Å²) in [4.78, 5) is 0. The Labute approximate surface area is 108 Å². The zero-order valence-electron chi connectivity index (χ0n) is 10.2. The van der Waals surface area contributed by atoms with E-state index in [4.69, 9.17) is 4.55 Å². The van der Waals surface area contributed by atoms with E-state index in [-0.39, 0.29) is 5.75 Å². The molecule has 2 aromatic carbocycles. The van der Waals surface area contributed by atoms with Crippen LogP contribution in [0.15, 0.2) is 60.7 Å². The fourth-order valence-corrected chi connectivity index (χ4v) is 1.26. The van der Waals surface area contributed by atoms with Crippen LogP contribution in [0.1, 0.15) is 6.92 Å². The highest BCUT2D eigenvalue weighted by Gasteiger charge is 1.93. The van der Waals surface area contributed by atoms with Gasteiger partial charge >= 0.3 is 0 Å². The second-order valence-electron chi connectivity index (χ2n) is 3.60. The summed E-state index contributed by atoms with van der Waals surface area (Å²) in [7, 11) is -3.66. The van der Waals surface area contributed by atoms with Gasteiger partial charge in [0, 0.05) is 0 Å². The van der Waals surface area contributed by atoms with Gasteiger partial charge in [0.15, 0.2) is 0 Å². The van der Waals surface area contributed by atoms with E-state index in [1.165, 1.54) is 18.1 Å². The van der Waals surface area contributed by atoms with E-state index < -0.39 is 10.1 Å². The fourth-order valence-electron chi connectivity index (χ4n) is 1.26. The van der Waals surface area contributed by atoms with Crippen LogP contribution in [0, 0.1) is 0 Å². The van der Waals surface area contributed by atoms with E-state index in [0.717, 1.165) is 0 Å². The van der Waals surface area contributed by atoms with Gasteiger partial charge in [-0.1, -0.05) is 60.7 Å². The number of hydrogen-bond acceptors (Lipinski definition) is 2. The summed E-state index contributed by atoms with van der Waals surface area (Å²) in [6.45, 7) is 1.37. The highest BCUT2D eigenvalue weighted by Crippen LogP contribution is 2.17. The molecule has 0 saturated carbocycles. The molecule has 2 rings (SSSR count). The molecule has 2 aromatic rings. The average molecular weight is 264 g/mol. The Bertz CT molecular complexity index is 511. The van der Waals surface area contributed by atoms with Crippen LogP contribution < -0.4 is 0 Å². The molecule has 0 fully saturated rings. The van der Waals surface area contributed by atoms with Gasteiger partial charge in [-0.05, 0) is 18.1 Å². The van der Waals surface area contributed by atoms with Gasteiger partial charge in [-0.2, -0.15) is 8.42 Å². The Morgan fingerprint density at radius 3 is 1.33 bits per heavy atom. The van der Waals surface area contributed by atoms with E-state index in [1.54, 1.807) is 0 Å². The van der Waals surface area contributed by atoms with Gasteiger partial charge in [0.05, 0.1) is 5.75 Å². The van der Waals surface area contributed by atoms with Crippen LogP contribution in [0.4, 0.5) is 0 Å². The molecule has 0 atom stereocenters. The van der Waals surface area contributed by atoms with Crippen molar-refractivity contribution in [3.8, 4) is 11.1 Å². The van der Waals surface area contributed by atoms with Gasteiger partial charge in [-0.15, -0.1) is 0 Å². The summed E-state index contributed by atoms with van der Waals surface area (Å²) in [6, 6.07) is 20.8. The van der Waals surface area contributed by atoms with E-state index in [9.17, 15) is 8.42 Å². The van der Waals surface area contributed by atoms with Gasteiger partial charge in [0.25, 0.3) is 10.1 Å². The molecule has 1 N–H and O–H groups in total. The van der Waals surface area contributed by atoms with Gasteiger partial charge in [0.2, 0.25) is 0 Å². The molecular formula is C14H16O3S. The largest absolute Gasteiger partial charge is 0.286 e. The molecule has 0 aliphatic rings. The Kier molecular flexibility index (Phi) is 5.55. The summed E-state index contributed by atoms with van der Waals surface area (Å²) in [5, 5.41) is 0. The molecule has 0 amide bonds. The molecule has 0 unspecified atom stereocenters. The second kappa shape index (κ2) is 6.93. The van der Waals surface area contributed by atoms with Crippen LogP contribution in [-0.2, 0) is 10.1 Å². The van der Waals surface area contributed by atoms with Crippen molar-refractivity contribution >= 4 is 10.1 Å². The molecule has 0 radical (unpaired) electrons. The molecule has 0 bridgehead atoms. The van der Waals surface area contributed by atoms with Gasteiger partial charge in [-0.25, -0.2) is 0 Å². The standard InChI is InChI=1S/C12H10.C2H6O3S/c1-3-7-11(8-4-1)12-9-5-2-6-10-12;1-2-6(3,4)5/h1-10H;2H2,1H3,(H,3,4,5). The third-order valence-corrected chi connectivity index (χ3v) is 2.98. The molecular weight excluding hydrogens is 248 g/mol. The van der Waals surface area contributed by atoms with Crippen LogP contribution in [0.5, 0.6) is 0 Å². The lowest BCUT2D eigenvalue weighted by atomic mass is 10.1. The molecule has 0 aliphatic heterocycles. The van der Waals surface area contributed by atoms with E-state index in [2.05, 4.69) is 48.5 Å². The minimum absolute atomic E-state index is 0.201. The zero-order valence-corrected chi connectivity index (χ0v) is 11.0. The maximum Gasteiger partial charge on any atom is 0.264 e. The van der Waals surface area contributed by atoms with Gasteiger partial charge < -0.3 is 0 Å². The minimum atomic E-state index is -3.66. The van der Waals surface area contributed by atoms with Crippen molar-refractivity contribution in [3.63, 3.8) is 0 Å². The molecule has 18 heavy (non-hydrogen) atoms. The van der Waals surface area contributed by atoms with Crippen LogP contribution in [0.2, 0.25) is 0 Å². The predicted molar refractivity (Wildman–Crippen MR) is 74.0 cm³/mol. The van der Waals surface area contributed by atoms with Gasteiger partial charge in [-0.3, -0.25) is 4.55 Å². The molecule has 4 heteroatoms. The monoisotopic (exact) mass is 264 g/mol. The fraction of sp³-hybridized carbons (Fsp3) is 0.143. The topological polar surface area (TPSA) is 54.4 Å². The second-order valence-corrected chi connectivity index (χ2v) is 5.34. The summed E-state index contributed by atoms with van der Waals surface area (Å²) < 4.78 is 26.9. The first kappa shape index (κ1) is 14.4. The first-order valence-corrected chi connectivity index (χ1v) is 7.19. The third-order valence-electron chi connectivity index (χ3n) is 2.25. The quantitative estimate of drug-likeness (QED) is 0.847. The Balaban J connectivity index is 0.000000232. The molecule has 0 aromatic heterocycles. The lowest BCUT2D eigenvalue weighted by Gasteiger charge is -1.98. The van der Waals surface area contributed by atoms with Crippen molar-refractivity contribution in [2.45, 2.75) is 6.92 Å². The van der Waals surface area contributed by atoms with Crippen molar-refractivity contribution in [3.05, 3.63) is 60.7 Å². The van der Waals surface area contributed by atoms with Gasteiger partial charge in [0.1, 0.15) is 0 Å². The van der Waals surface area contributed by atoms with Crippen molar-refractivity contribution in [1.82, 2.24) is 0 Å². The molecule has 3 nitrogen and oxygen atoms in total. The van der Waals surface area contributed by atoms with Crippen LogP contribution in [0.3, 0.4) is 0 Å². The average Bonchev–Trinajstić information content (AvgIpc) is 2.41. The molecule has 0 saturated heterocycles. The molecule has 0 heterocycles. The molecule has 0 spiro atoms. The first-order valence-electron chi connectivity index (χ1n) is 5.58. The van der Waals surface area contributed by atoms with Crippen LogP contribution >= 0.6 is 0 Å². The maximum atomic E-state index is 9.56. The lowest BCUT2D eigenvalue weighted by Crippen LogP contribution is -1.97. The van der Waals surface area contributed by atoms with Crippen molar-refractivity contribution in [1.29, 1.82) is 0 Å². The van der Waals surface area contributed by atoms with E-state index in [1.807, 2.05) is 12.1 Å². The highest BCUT2D eigenvalue weighted by atomic mass is 32.2. The number of rotatable bonds is 2. The van der Waals surface area contributed by atoms with Crippen molar-refractivity contribution in [2.24, 2.45) is 0 Å². The number of hydrogen-bond donors (Lipinski definition) is 1. The third kappa shape index (κ3) is 5.61. The van der Waals surface area contributed by atoms with Crippen molar-refractivity contribution in [2.75, 3.05) is 5.75 Å². The first-order chi connectivity index (χ1) is 8.53. The lowest BCUT2D eigenvalue weighted by molar-refractivity contribution is 0.484. The SMILES string of the molecule is CCS(=O)(=O)O.c1ccc(-c2ccccc2)cc1. The Morgan fingerprint density at radius 1 is 0.833 bits per heavy atom. The Morgan fingerprint density at radius 2 is 1.11 bits per heavy atom. The molecule has 0 aliphatic carbocycles. The predicted octanol–water partition coefficient (Wildman–Crippen LogP) is 3.25. The smallest absolute Gasteiger partial charge is 0.264 e. The normalized spacial score (nSPS) is 10.3. The zero-order chi connectivity index (χ0) is 13.4. The van der Waals surface area contributed by atoms with E-state index >= 15 is 0 Å². The molecule has 96 valence electrons. The Hall–Kier alpha value is -1.65. The minimum Gasteiger partial charge on any atom is -0.286 e. The van der Waals surface area contributed by atoms with Crippen molar-refractivity contribution < 1.29 is 13.0 Å². The van der Waals surface area contributed by atoms with E-state index in [0.29, 0.717) is 0 Å². The summed E-state index contributed by atoms with van der Waals surface area (Å²) >= 11 is 0. The number of benzene rings is 2. The summed E-state index contributed by atoms with van der Waals surface area (Å²) in [5.74, 6) is -0.201.